The van der Waals surface area contributed by atoms with E-state index in [0.29, 0.717) is 0 Å². The van der Waals surface area contributed by atoms with Crippen LogP contribution in [0.1, 0.15) is 19.6 Å². The highest BCUT2D eigenvalue weighted by atomic mass is 31.2. The molecule has 1 aromatic heterocycles. The summed E-state index contributed by atoms with van der Waals surface area (Å²) in [4.78, 5) is 40.6. The minimum absolute atomic E-state index is 0.132. The van der Waals surface area contributed by atoms with Crippen LogP contribution in [0.3, 0.4) is 0 Å². The first kappa shape index (κ1) is 29.5. The minimum atomic E-state index is -5.76. The molecule has 0 spiro atoms. The quantitative estimate of drug-likeness (QED) is 0.140. The number of nitrogens with two attached hydrogens (primary N) is 1. The van der Waals surface area contributed by atoms with Crippen molar-refractivity contribution in [2.45, 2.75) is 67.6 Å². The van der Waals surface area contributed by atoms with Crippen LogP contribution in [0.4, 0.5) is 5.82 Å². The number of aliphatic hydroxyl groups is 6. The molecule has 2 fully saturated rings. The number of hydrogen-bond acceptors (Lipinski definition) is 16. The van der Waals surface area contributed by atoms with Crippen molar-refractivity contribution in [2.24, 2.45) is 5.92 Å². The lowest BCUT2D eigenvalue weighted by Gasteiger charge is -2.52. The van der Waals surface area contributed by atoms with Gasteiger partial charge in [0.25, 0.3) is 0 Å². The summed E-state index contributed by atoms with van der Waals surface area (Å²) in [5, 5.41) is 68.7. The van der Waals surface area contributed by atoms with Crippen molar-refractivity contribution in [1.29, 1.82) is 0 Å². The number of hydrogen-bond donors (Lipinski definition) is 7. The number of carboxylic acids is 1. The Labute approximate surface area is 208 Å². The van der Waals surface area contributed by atoms with Gasteiger partial charge in [0.1, 0.15) is 36.3 Å². The summed E-state index contributed by atoms with van der Waals surface area (Å²) < 4.78 is 29.2. The van der Waals surface area contributed by atoms with E-state index in [1.165, 1.54) is 13.0 Å². The topological polar surface area (TPSA) is 290 Å². The molecule has 8 N–H and O–H groups in total. The highest BCUT2D eigenvalue weighted by Gasteiger charge is 2.56. The van der Waals surface area contributed by atoms with Crippen LogP contribution in [0.2, 0.25) is 0 Å². The summed E-state index contributed by atoms with van der Waals surface area (Å²) in [5.41, 5.74) is 4.45. The van der Waals surface area contributed by atoms with E-state index in [0.717, 1.165) is 10.8 Å². The Balaban J connectivity index is 1.82. The molecule has 3 heterocycles. The number of carbonyl (C=O) groups is 1. The number of ether oxygens (including phenoxy) is 2. The molecule has 3 rings (SSSR count). The fourth-order valence-corrected chi connectivity index (χ4v) is 5.63. The second kappa shape index (κ2) is 11.0. The van der Waals surface area contributed by atoms with Gasteiger partial charge >= 0.3 is 5.69 Å². The molecular formula is C19H28N3O14P-2. The molecule has 210 valence electrons. The Kier molecular flexibility index (Phi) is 8.78. The van der Waals surface area contributed by atoms with Gasteiger partial charge in [-0.25, -0.2) is 4.79 Å². The molecule has 17 nitrogen and oxygen atoms in total. The number of rotatable bonds is 9. The number of aliphatic carboxylic acids is 1. The summed E-state index contributed by atoms with van der Waals surface area (Å²) in [6, 6.07) is 1.20. The van der Waals surface area contributed by atoms with Gasteiger partial charge in [0.15, 0.2) is 19.2 Å². The first-order valence-electron chi connectivity index (χ1n) is 11.0. The molecule has 18 heteroatoms. The highest BCUT2D eigenvalue weighted by molar-refractivity contribution is 7.54. The third-order valence-corrected chi connectivity index (χ3v) is 8.34. The lowest BCUT2D eigenvalue weighted by Crippen LogP contribution is -2.64. The van der Waals surface area contributed by atoms with Gasteiger partial charge in [0.05, 0.1) is 31.4 Å². The van der Waals surface area contributed by atoms with Gasteiger partial charge in [-0.1, -0.05) is 6.92 Å². The molecule has 0 saturated carbocycles. The Morgan fingerprint density at radius 2 is 2.03 bits per heavy atom. The van der Waals surface area contributed by atoms with E-state index in [-0.39, 0.29) is 5.82 Å². The summed E-state index contributed by atoms with van der Waals surface area (Å²) in [7, 11) is -5.76. The normalized spacial score (nSPS) is 37.6. The van der Waals surface area contributed by atoms with E-state index in [4.69, 9.17) is 24.8 Å². The van der Waals surface area contributed by atoms with Gasteiger partial charge in [0.2, 0.25) is 0 Å². The summed E-state index contributed by atoms with van der Waals surface area (Å²) in [6.45, 7) is -0.763. The second-order valence-corrected chi connectivity index (χ2v) is 10.9. The van der Waals surface area contributed by atoms with Crippen LogP contribution in [-0.2, 0) is 23.4 Å². The fourth-order valence-electron chi connectivity index (χ4n) is 4.19. The number of carbonyl (C=O) groups excluding carboxylic acids is 1. The number of nitrogen functional groups attached to an aromatic ring is 1. The van der Waals surface area contributed by atoms with Crippen molar-refractivity contribution >= 4 is 19.4 Å². The number of aliphatic hydroxyl groups excluding tert-OH is 6. The molecule has 2 saturated heterocycles. The summed E-state index contributed by atoms with van der Waals surface area (Å²) in [6.07, 6.45) is -14.0. The standard InChI is InChI=1S/C19H30N3O14P/c1-7-8(24)4-19(17(29)30,36-15(7)12(26)9(25)5-23)37(32,33)34-6-10-13(27)14(28)16(35-10)22-3-2-11(20)21-18(22)31/h2-3,7-10,12-16,23-28H,4-6H2,1H3,(H,29,30)(H,32,33)(H2,20,21,31)/p-2/t7-,8?,9-,10-,12-,13+,14?,15?,16-,19+/m1/s1. The Morgan fingerprint density at radius 3 is 2.59 bits per heavy atom. The zero-order chi connectivity index (χ0) is 27.9. The van der Waals surface area contributed by atoms with Gasteiger partial charge in [0, 0.05) is 18.5 Å². The highest BCUT2D eigenvalue weighted by Crippen LogP contribution is 2.58. The SMILES string of the molecule is C[C@@H]1C(O)C[C@@](C(=O)[O-])(P(=O)([O-])OC[C@H]2O[C@@H](n3ccc(N)nc3=O)C(O)[C@H]2O)OC1[C@H](O)[C@H](O)CO. The molecule has 37 heavy (non-hydrogen) atoms. The van der Waals surface area contributed by atoms with Gasteiger partial charge in [-0.2, -0.15) is 4.98 Å². The number of carboxylic acid groups (broad SMARTS) is 1. The van der Waals surface area contributed by atoms with Crippen molar-refractivity contribution < 1.29 is 64.0 Å². The molecular weight excluding hydrogens is 525 g/mol. The maximum absolute atomic E-state index is 13.1. The monoisotopic (exact) mass is 553 g/mol. The molecule has 11 atom stereocenters. The molecule has 0 aliphatic carbocycles. The maximum Gasteiger partial charge on any atom is 0.351 e. The van der Waals surface area contributed by atoms with Crippen LogP contribution in [-0.4, -0.2) is 107 Å². The van der Waals surface area contributed by atoms with Crippen molar-refractivity contribution in [3.05, 3.63) is 22.7 Å². The molecule has 0 aromatic carbocycles. The molecule has 2 aliphatic heterocycles. The number of nitrogens with zero attached hydrogens (tertiary/aromatic N) is 2. The third-order valence-electron chi connectivity index (χ3n) is 6.49. The van der Waals surface area contributed by atoms with Gasteiger partial charge in [-0.05, 0) is 6.07 Å². The molecule has 2 aliphatic rings. The van der Waals surface area contributed by atoms with Crippen LogP contribution >= 0.6 is 7.60 Å². The summed E-state index contributed by atoms with van der Waals surface area (Å²) in [5.74, 6) is -3.57. The van der Waals surface area contributed by atoms with E-state index < -0.39 is 99.1 Å². The largest absolute Gasteiger partial charge is 0.776 e. The third kappa shape index (κ3) is 5.43. The van der Waals surface area contributed by atoms with Gasteiger partial charge < -0.3 is 69.7 Å². The van der Waals surface area contributed by atoms with Crippen LogP contribution < -0.4 is 21.4 Å². The smallest absolute Gasteiger partial charge is 0.351 e. The maximum atomic E-state index is 13.1. The van der Waals surface area contributed by atoms with Crippen molar-refractivity contribution in [3.8, 4) is 0 Å². The molecule has 0 amide bonds. The zero-order valence-corrected chi connectivity index (χ0v) is 20.2. The lowest BCUT2D eigenvalue weighted by atomic mass is 9.85. The van der Waals surface area contributed by atoms with Crippen molar-refractivity contribution in [3.63, 3.8) is 0 Å². The lowest BCUT2D eigenvalue weighted by molar-refractivity contribution is -0.339. The molecule has 4 unspecified atom stereocenters. The number of aromatic nitrogens is 2. The van der Waals surface area contributed by atoms with Crippen LogP contribution in [0.15, 0.2) is 17.1 Å². The Hall–Kier alpha value is -2.02. The average molecular weight is 553 g/mol. The van der Waals surface area contributed by atoms with E-state index >= 15 is 0 Å². The van der Waals surface area contributed by atoms with E-state index in [9.17, 15) is 49.7 Å². The van der Waals surface area contributed by atoms with E-state index in [1.54, 1.807) is 0 Å². The second-order valence-electron chi connectivity index (χ2n) is 8.91. The van der Waals surface area contributed by atoms with Crippen LogP contribution in [0, 0.1) is 5.92 Å². The molecule has 1 aromatic rings. The van der Waals surface area contributed by atoms with Crippen molar-refractivity contribution in [2.75, 3.05) is 18.9 Å². The van der Waals surface area contributed by atoms with Crippen LogP contribution in [0.5, 0.6) is 0 Å². The average Bonchev–Trinajstić information content (AvgIpc) is 3.11. The predicted octanol–water partition coefficient (Wildman–Crippen LogP) is -6.04. The fraction of sp³-hybridized carbons (Fsp3) is 0.737. The Morgan fingerprint density at radius 1 is 1.38 bits per heavy atom. The molecule has 0 bridgehead atoms. The number of anilines is 1. The van der Waals surface area contributed by atoms with Crippen molar-refractivity contribution in [1.82, 2.24) is 9.55 Å². The first-order valence-corrected chi connectivity index (χ1v) is 12.6. The zero-order valence-electron chi connectivity index (χ0n) is 19.3. The van der Waals surface area contributed by atoms with E-state index in [2.05, 4.69) is 4.98 Å². The molecule has 0 radical (unpaired) electrons. The van der Waals surface area contributed by atoms with Gasteiger partial charge in [-0.3, -0.25) is 4.57 Å². The first-order chi connectivity index (χ1) is 17.2. The van der Waals surface area contributed by atoms with E-state index in [1.807, 2.05) is 0 Å². The van der Waals surface area contributed by atoms with Gasteiger partial charge in [-0.15, -0.1) is 0 Å². The predicted molar refractivity (Wildman–Crippen MR) is 114 cm³/mol. The summed E-state index contributed by atoms with van der Waals surface area (Å²) >= 11 is 0. The minimum Gasteiger partial charge on any atom is -0.776 e. The van der Waals surface area contributed by atoms with Crippen LogP contribution in [0.25, 0.3) is 0 Å². The Bertz CT molecular complexity index is 1090.